The summed E-state index contributed by atoms with van der Waals surface area (Å²) in [5.41, 5.74) is 3.60. The molecule has 6 heteroatoms. The lowest BCUT2D eigenvalue weighted by atomic mass is 9.95. The third-order valence-corrected chi connectivity index (χ3v) is 7.01. The molecular formula is C30H31BrN2O3. The van der Waals surface area contributed by atoms with Crippen molar-refractivity contribution in [2.45, 2.75) is 39.3 Å². The van der Waals surface area contributed by atoms with E-state index in [1.807, 2.05) is 54.3 Å². The van der Waals surface area contributed by atoms with Crippen molar-refractivity contribution in [2.24, 2.45) is 0 Å². The highest BCUT2D eigenvalue weighted by atomic mass is 79.9. The Bertz CT molecular complexity index is 1390. The average Bonchev–Trinajstić information content (AvgIpc) is 2.90. The molecule has 4 aromatic rings. The number of halogens is 1. The van der Waals surface area contributed by atoms with E-state index in [1.54, 1.807) is 20.4 Å². The molecule has 0 fully saturated rings. The van der Waals surface area contributed by atoms with E-state index >= 15 is 0 Å². The predicted octanol–water partition coefficient (Wildman–Crippen LogP) is 7.54. The number of carbonyl (C=O) groups is 1. The monoisotopic (exact) mass is 546 g/mol. The zero-order valence-electron chi connectivity index (χ0n) is 21.3. The van der Waals surface area contributed by atoms with Gasteiger partial charge in [0, 0.05) is 27.9 Å². The number of methoxy groups -OCH3 is 2. The minimum Gasteiger partial charge on any atom is -0.497 e. The molecule has 36 heavy (non-hydrogen) atoms. The number of ether oxygens (including phenoxy) is 2. The molecule has 1 aromatic heterocycles. The van der Waals surface area contributed by atoms with Crippen LogP contribution in [0.2, 0.25) is 0 Å². The van der Waals surface area contributed by atoms with E-state index in [0.29, 0.717) is 29.5 Å². The largest absolute Gasteiger partial charge is 0.497 e. The summed E-state index contributed by atoms with van der Waals surface area (Å²) in [6, 6.07) is 21.5. The first-order valence-corrected chi connectivity index (χ1v) is 12.8. The number of hydrogen-bond donors (Lipinski definition) is 0. The van der Waals surface area contributed by atoms with Gasteiger partial charge in [0.05, 0.1) is 32.5 Å². The standard InChI is InChI=1S/C30H31BrN2O3/c1-19(2)26-8-6-7-21-15-22(10-12-27(21)26)30(34)33(20(3)28-16-24(31)13-14-32-28)18-23-9-11-25(35-4)17-29(23)36-5/h6-17,19-20H,18H2,1-5H3. The normalized spacial score (nSPS) is 12.0. The first-order chi connectivity index (χ1) is 17.3. The van der Waals surface area contributed by atoms with Gasteiger partial charge in [-0.15, -0.1) is 0 Å². The minimum atomic E-state index is -0.278. The van der Waals surface area contributed by atoms with Crippen LogP contribution in [-0.2, 0) is 6.54 Å². The summed E-state index contributed by atoms with van der Waals surface area (Å²) in [6.07, 6.45) is 1.75. The second kappa shape index (κ2) is 11.1. The third kappa shape index (κ3) is 5.39. The summed E-state index contributed by atoms with van der Waals surface area (Å²) in [5.74, 6) is 1.70. The Morgan fingerprint density at radius 2 is 1.78 bits per heavy atom. The molecule has 0 aliphatic heterocycles. The highest BCUT2D eigenvalue weighted by Gasteiger charge is 2.26. The van der Waals surface area contributed by atoms with Crippen molar-refractivity contribution in [3.63, 3.8) is 0 Å². The zero-order valence-corrected chi connectivity index (χ0v) is 22.9. The number of rotatable bonds is 8. The number of benzene rings is 3. The van der Waals surface area contributed by atoms with Crippen LogP contribution in [0, 0.1) is 0 Å². The summed E-state index contributed by atoms with van der Waals surface area (Å²) in [4.78, 5) is 20.4. The van der Waals surface area contributed by atoms with Crippen molar-refractivity contribution in [1.29, 1.82) is 0 Å². The number of nitrogens with zero attached hydrogens (tertiary/aromatic N) is 2. The number of hydrogen-bond acceptors (Lipinski definition) is 4. The smallest absolute Gasteiger partial charge is 0.254 e. The molecule has 1 unspecified atom stereocenters. The fourth-order valence-corrected chi connectivity index (χ4v) is 4.82. The topological polar surface area (TPSA) is 51.7 Å². The van der Waals surface area contributed by atoms with Crippen LogP contribution in [0.15, 0.2) is 77.4 Å². The van der Waals surface area contributed by atoms with Gasteiger partial charge in [0.1, 0.15) is 11.5 Å². The number of pyridine rings is 1. The summed E-state index contributed by atoms with van der Waals surface area (Å²) in [6.45, 7) is 6.72. The molecular weight excluding hydrogens is 516 g/mol. The van der Waals surface area contributed by atoms with Gasteiger partial charge >= 0.3 is 0 Å². The fraction of sp³-hybridized carbons (Fsp3) is 0.267. The summed E-state index contributed by atoms with van der Waals surface area (Å²) >= 11 is 3.54. The fourth-order valence-electron chi connectivity index (χ4n) is 4.47. The van der Waals surface area contributed by atoms with E-state index < -0.39 is 0 Å². The lowest BCUT2D eigenvalue weighted by Gasteiger charge is -2.30. The zero-order chi connectivity index (χ0) is 25.8. The van der Waals surface area contributed by atoms with Gasteiger partial charge in [-0.1, -0.05) is 54.0 Å². The van der Waals surface area contributed by atoms with E-state index in [2.05, 4.69) is 59.0 Å². The van der Waals surface area contributed by atoms with Gasteiger partial charge in [0.25, 0.3) is 5.91 Å². The van der Waals surface area contributed by atoms with E-state index in [4.69, 9.17) is 9.47 Å². The van der Waals surface area contributed by atoms with Crippen LogP contribution in [0.25, 0.3) is 10.8 Å². The Balaban J connectivity index is 1.77. The summed E-state index contributed by atoms with van der Waals surface area (Å²) < 4.78 is 11.9. The quantitative estimate of drug-likeness (QED) is 0.229. The molecule has 0 aliphatic rings. The summed E-state index contributed by atoms with van der Waals surface area (Å²) in [7, 11) is 3.25. The van der Waals surface area contributed by atoms with E-state index in [-0.39, 0.29) is 11.9 Å². The second-order valence-corrected chi connectivity index (χ2v) is 10.0. The molecule has 1 atom stereocenters. The molecule has 0 N–H and O–H groups in total. The van der Waals surface area contributed by atoms with Crippen LogP contribution in [0.3, 0.4) is 0 Å². The van der Waals surface area contributed by atoms with E-state index in [9.17, 15) is 4.79 Å². The Morgan fingerprint density at radius 3 is 2.47 bits per heavy atom. The molecule has 0 bridgehead atoms. The second-order valence-electron chi connectivity index (χ2n) is 9.12. The number of carbonyl (C=O) groups excluding carboxylic acids is 1. The highest BCUT2D eigenvalue weighted by molar-refractivity contribution is 9.10. The molecule has 0 aliphatic carbocycles. The van der Waals surface area contributed by atoms with Crippen LogP contribution in [0.5, 0.6) is 11.5 Å². The van der Waals surface area contributed by atoms with Gasteiger partial charge < -0.3 is 14.4 Å². The predicted molar refractivity (Wildman–Crippen MR) is 148 cm³/mol. The van der Waals surface area contributed by atoms with Crippen molar-refractivity contribution in [1.82, 2.24) is 9.88 Å². The Labute approximate surface area is 221 Å². The van der Waals surface area contributed by atoms with Crippen LogP contribution in [0.1, 0.15) is 59.9 Å². The SMILES string of the molecule is COc1ccc(CN(C(=O)c2ccc3c(C(C)C)cccc3c2)C(C)c2cc(Br)ccn2)c(OC)c1. The van der Waals surface area contributed by atoms with Crippen molar-refractivity contribution < 1.29 is 14.3 Å². The first kappa shape index (κ1) is 25.7. The maximum absolute atomic E-state index is 14.1. The maximum Gasteiger partial charge on any atom is 0.254 e. The molecule has 1 amide bonds. The van der Waals surface area contributed by atoms with Gasteiger partial charge in [-0.2, -0.15) is 0 Å². The lowest BCUT2D eigenvalue weighted by molar-refractivity contribution is 0.0669. The molecule has 3 aromatic carbocycles. The first-order valence-electron chi connectivity index (χ1n) is 12.0. The lowest BCUT2D eigenvalue weighted by Crippen LogP contribution is -2.33. The molecule has 0 radical (unpaired) electrons. The van der Waals surface area contributed by atoms with Gasteiger partial charge in [-0.3, -0.25) is 9.78 Å². The molecule has 0 saturated carbocycles. The third-order valence-electron chi connectivity index (χ3n) is 6.52. The van der Waals surface area contributed by atoms with Crippen molar-refractivity contribution in [3.05, 3.63) is 99.8 Å². The molecule has 0 saturated heterocycles. The van der Waals surface area contributed by atoms with Crippen LogP contribution >= 0.6 is 15.9 Å². The van der Waals surface area contributed by atoms with Crippen LogP contribution < -0.4 is 9.47 Å². The van der Waals surface area contributed by atoms with Crippen molar-refractivity contribution >= 4 is 32.6 Å². The van der Waals surface area contributed by atoms with Gasteiger partial charge in [0.2, 0.25) is 0 Å². The van der Waals surface area contributed by atoms with Crippen LogP contribution in [-0.4, -0.2) is 30.0 Å². The number of fused-ring (bicyclic) bond motifs is 1. The van der Waals surface area contributed by atoms with E-state index in [1.165, 1.54) is 10.9 Å². The van der Waals surface area contributed by atoms with Gasteiger partial charge in [0.15, 0.2) is 0 Å². The maximum atomic E-state index is 14.1. The Hall–Kier alpha value is -3.38. The van der Waals surface area contributed by atoms with Gasteiger partial charge in [-0.05, 0) is 65.6 Å². The average molecular weight is 547 g/mol. The molecule has 1 heterocycles. The number of amides is 1. The summed E-state index contributed by atoms with van der Waals surface area (Å²) in [5, 5.41) is 2.23. The minimum absolute atomic E-state index is 0.0704. The highest BCUT2D eigenvalue weighted by Crippen LogP contribution is 2.32. The van der Waals surface area contributed by atoms with E-state index in [0.717, 1.165) is 21.1 Å². The van der Waals surface area contributed by atoms with Crippen molar-refractivity contribution in [2.75, 3.05) is 14.2 Å². The van der Waals surface area contributed by atoms with Crippen molar-refractivity contribution in [3.8, 4) is 11.5 Å². The molecule has 4 rings (SSSR count). The molecule has 0 spiro atoms. The molecule has 5 nitrogen and oxygen atoms in total. The van der Waals surface area contributed by atoms with Crippen LogP contribution in [0.4, 0.5) is 0 Å². The Kier molecular flexibility index (Phi) is 7.94. The van der Waals surface area contributed by atoms with Gasteiger partial charge in [-0.25, -0.2) is 0 Å². The Morgan fingerprint density at radius 1 is 0.972 bits per heavy atom. The molecule has 186 valence electrons. The number of aromatic nitrogens is 1.